The summed E-state index contributed by atoms with van der Waals surface area (Å²) < 4.78 is 0. The zero-order valence-electron chi connectivity index (χ0n) is 9.09. The molecule has 0 fully saturated rings. The second-order valence-electron chi connectivity index (χ2n) is 3.60. The Morgan fingerprint density at radius 2 is 2.00 bits per heavy atom. The Bertz CT molecular complexity index is 381. The van der Waals surface area contributed by atoms with E-state index >= 15 is 0 Å². The molecule has 0 aromatic heterocycles. The van der Waals surface area contributed by atoms with E-state index in [2.05, 4.69) is 0 Å². The molecule has 0 saturated carbocycles. The summed E-state index contributed by atoms with van der Waals surface area (Å²) in [4.78, 5) is 11.9. The summed E-state index contributed by atoms with van der Waals surface area (Å²) in [7, 11) is 1.41. The maximum absolute atomic E-state index is 10.9. The quantitative estimate of drug-likeness (QED) is 0.857. The third-order valence-corrected chi connectivity index (χ3v) is 2.74. The van der Waals surface area contributed by atoms with Gasteiger partial charge in [0.1, 0.15) is 0 Å². The van der Waals surface area contributed by atoms with Crippen molar-refractivity contribution < 1.29 is 15.0 Å². The third kappa shape index (κ3) is 2.65. The summed E-state index contributed by atoms with van der Waals surface area (Å²) in [5.74, 6) is 0. The highest BCUT2D eigenvalue weighted by Crippen LogP contribution is 2.29. The Labute approximate surface area is 99.1 Å². The van der Waals surface area contributed by atoms with Crippen LogP contribution in [0, 0.1) is 0 Å². The predicted molar refractivity (Wildman–Crippen MR) is 61.7 cm³/mol. The van der Waals surface area contributed by atoms with Gasteiger partial charge >= 0.3 is 6.09 Å². The standard InChI is InChI=1S/C11H14ClNO3/c1-7(14)10(13(2)11(15)16)8-5-3-4-6-9(8)12/h3-7,10,14H,1-2H3,(H,15,16)/t7-,10+/m1/s1. The topological polar surface area (TPSA) is 60.8 Å². The first-order valence-corrected chi connectivity index (χ1v) is 5.21. The SMILES string of the molecule is C[C@@H](O)[C@@H](c1ccccc1Cl)N(C)C(=O)O. The minimum absolute atomic E-state index is 0.446. The highest BCUT2D eigenvalue weighted by molar-refractivity contribution is 6.31. The summed E-state index contributed by atoms with van der Waals surface area (Å²) in [6, 6.07) is 6.23. The van der Waals surface area contributed by atoms with Gasteiger partial charge in [-0.15, -0.1) is 0 Å². The highest BCUT2D eigenvalue weighted by Gasteiger charge is 2.27. The Kier molecular flexibility index (Phi) is 4.15. The van der Waals surface area contributed by atoms with Gasteiger partial charge in [0.25, 0.3) is 0 Å². The average molecular weight is 244 g/mol. The van der Waals surface area contributed by atoms with Crippen LogP contribution in [0.25, 0.3) is 0 Å². The number of benzene rings is 1. The number of halogens is 1. The number of carboxylic acid groups (broad SMARTS) is 1. The molecule has 0 saturated heterocycles. The number of hydrogen-bond donors (Lipinski definition) is 2. The van der Waals surface area contributed by atoms with Crippen molar-refractivity contribution in [1.82, 2.24) is 4.90 Å². The van der Waals surface area contributed by atoms with E-state index in [1.54, 1.807) is 24.3 Å². The van der Waals surface area contributed by atoms with E-state index in [0.717, 1.165) is 4.90 Å². The molecule has 2 atom stereocenters. The fourth-order valence-corrected chi connectivity index (χ4v) is 1.87. The summed E-state index contributed by atoms with van der Waals surface area (Å²) in [5.41, 5.74) is 0.601. The van der Waals surface area contributed by atoms with Gasteiger partial charge in [0.2, 0.25) is 0 Å². The molecule has 5 heteroatoms. The largest absolute Gasteiger partial charge is 0.465 e. The van der Waals surface area contributed by atoms with Crippen LogP contribution in [0.1, 0.15) is 18.5 Å². The fourth-order valence-electron chi connectivity index (χ4n) is 1.63. The van der Waals surface area contributed by atoms with Crippen molar-refractivity contribution in [3.8, 4) is 0 Å². The average Bonchev–Trinajstić information content (AvgIpc) is 2.20. The maximum Gasteiger partial charge on any atom is 0.407 e. The van der Waals surface area contributed by atoms with Crippen molar-refractivity contribution in [2.45, 2.75) is 19.1 Å². The summed E-state index contributed by atoms with van der Waals surface area (Å²) >= 11 is 5.98. The normalized spacial score (nSPS) is 14.2. The van der Waals surface area contributed by atoms with Crippen LogP contribution in [0.15, 0.2) is 24.3 Å². The summed E-state index contributed by atoms with van der Waals surface area (Å²) in [6.07, 6.45) is -1.94. The zero-order valence-corrected chi connectivity index (χ0v) is 9.85. The van der Waals surface area contributed by atoms with Gasteiger partial charge in [0.05, 0.1) is 12.1 Å². The molecule has 0 radical (unpaired) electrons. The van der Waals surface area contributed by atoms with Gasteiger partial charge in [-0.25, -0.2) is 4.79 Å². The van der Waals surface area contributed by atoms with E-state index < -0.39 is 18.2 Å². The first-order chi connectivity index (χ1) is 7.45. The molecule has 16 heavy (non-hydrogen) atoms. The van der Waals surface area contributed by atoms with Crippen LogP contribution < -0.4 is 0 Å². The Balaban J connectivity index is 3.13. The zero-order chi connectivity index (χ0) is 12.3. The van der Waals surface area contributed by atoms with Crippen LogP contribution in [-0.2, 0) is 0 Å². The number of aliphatic hydroxyl groups excluding tert-OH is 1. The van der Waals surface area contributed by atoms with E-state index in [1.807, 2.05) is 0 Å². The van der Waals surface area contributed by atoms with Gasteiger partial charge in [-0.05, 0) is 18.6 Å². The van der Waals surface area contributed by atoms with Crippen LogP contribution in [-0.4, -0.2) is 34.4 Å². The van der Waals surface area contributed by atoms with Crippen LogP contribution in [0.2, 0.25) is 5.02 Å². The molecule has 88 valence electrons. The van der Waals surface area contributed by atoms with Crippen molar-refractivity contribution in [2.75, 3.05) is 7.05 Å². The Hall–Kier alpha value is -1.26. The van der Waals surface area contributed by atoms with Crippen LogP contribution >= 0.6 is 11.6 Å². The fraction of sp³-hybridized carbons (Fsp3) is 0.364. The summed E-state index contributed by atoms with van der Waals surface area (Å²) in [5, 5.41) is 19.0. The number of likely N-dealkylation sites (N-methyl/N-ethyl adjacent to an activating group) is 1. The molecule has 0 aliphatic heterocycles. The van der Waals surface area contributed by atoms with E-state index in [0.29, 0.717) is 10.6 Å². The number of rotatable bonds is 3. The van der Waals surface area contributed by atoms with Crippen LogP contribution in [0.5, 0.6) is 0 Å². The van der Waals surface area contributed by atoms with Gasteiger partial charge < -0.3 is 15.1 Å². The number of hydrogen-bond acceptors (Lipinski definition) is 2. The molecule has 1 rings (SSSR count). The second-order valence-corrected chi connectivity index (χ2v) is 4.01. The van der Waals surface area contributed by atoms with E-state index in [-0.39, 0.29) is 0 Å². The molecule has 0 spiro atoms. The molecule has 0 aliphatic carbocycles. The predicted octanol–water partition coefficient (Wildman–Crippen LogP) is 2.37. The molecule has 4 nitrogen and oxygen atoms in total. The molecule has 1 amide bonds. The third-order valence-electron chi connectivity index (χ3n) is 2.40. The molecule has 1 aromatic carbocycles. The minimum Gasteiger partial charge on any atom is -0.465 e. The second kappa shape index (κ2) is 5.18. The van der Waals surface area contributed by atoms with Gasteiger partial charge in [0.15, 0.2) is 0 Å². The number of carbonyl (C=O) groups is 1. The lowest BCUT2D eigenvalue weighted by molar-refractivity contribution is 0.0699. The first kappa shape index (κ1) is 12.8. The van der Waals surface area contributed by atoms with E-state index in [1.165, 1.54) is 14.0 Å². The van der Waals surface area contributed by atoms with Crippen LogP contribution in [0.3, 0.4) is 0 Å². The number of aliphatic hydroxyl groups is 1. The van der Waals surface area contributed by atoms with Gasteiger partial charge in [0, 0.05) is 12.1 Å². The van der Waals surface area contributed by atoms with Crippen LogP contribution in [0.4, 0.5) is 4.79 Å². The van der Waals surface area contributed by atoms with Gasteiger partial charge in [-0.2, -0.15) is 0 Å². The lowest BCUT2D eigenvalue weighted by Gasteiger charge is -2.29. The molecule has 0 heterocycles. The molecule has 0 bridgehead atoms. The van der Waals surface area contributed by atoms with Crippen molar-refractivity contribution >= 4 is 17.7 Å². The molecule has 2 N–H and O–H groups in total. The molecule has 0 aliphatic rings. The lowest BCUT2D eigenvalue weighted by atomic mass is 10.0. The van der Waals surface area contributed by atoms with Crippen molar-refractivity contribution in [3.05, 3.63) is 34.9 Å². The smallest absolute Gasteiger partial charge is 0.407 e. The highest BCUT2D eigenvalue weighted by atomic mass is 35.5. The Morgan fingerprint density at radius 1 is 1.44 bits per heavy atom. The molecular formula is C11H14ClNO3. The minimum atomic E-state index is -1.11. The maximum atomic E-state index is 10.9. The number of nitrogens with zero attached hydrogens (tertiary/aromatic N) is 1. The van der Waals surface area contributed by atoms with Crippen molar-refractivity contribution in [3.63, 3.8) is 0 Å². The molecule has 0 unspecified atom stereocenters. The van der Waals surface area contributed by atoms with E-state index in [4.69, 9.17) is 16.7 Å². The van der Waals surface area contributed by atoms with E-state index in [9.17, 15) is 9.90 Å². The molecule has 1 aromatic rings. The first-order valence-electron chi connectivity index (χ1n) is 4.83. The lowest BCUT2D eigenvalue weighted by Crippen LogP contribution is -2.36. The summed E-state index contributed by atoms with van der Waals surface area (Å²) in [6.45, 7) is 1.54. The van der Waals surface area contributed by atoms with Crippen molar-refractivity contribution in [2.24, 2.45) is 0 Å². The van der Waals surface area contributed by atoms with Crippen molar-refractivity contribution in [1.29, 1.82) is 0 Å². The van der Waals surface area contributed by atoms with Gasteiger partial charge in [-0.3, -0.25) is 0 Å². The van der Waals surface area contributed by atoms with Gasteiger partial charge in [-0.1, -0.05) is 29.8 Å². The number of amides is 1. The Morgan fingerprint density at radius 3 is 2.44 bits per heavy atom. The molecular weight excluding hydrogens is 230 g/mol. The monoisotopic (exact) mass is 243 g/mol.